The number of nitrogens with one attached hydrogen (secondary N) is 1. The molecule has 1 atom stereocenters. The summed E-state index contributed by atoms with van der Waals surface area (Å²) < 4.78 is 31.2. The zero-order valence-electron chi connectivity index (χ0n) is 19.7. The highest BCUT2D eigenvalue weighted by atomic mass is 19.1. The number of fused-ring (bicyclic) bond motifs is 3. The quantitative estimate of drug-likeness (QED) is 0.280. The van der Waals surface area contributed by atoms with Crippen LogP contribution < -0.4 is 20.8 Å². The molecule has 0 bridgehead atoms. The molecule has 5 aromatic rings. The standard InChI is InChI=1S/C26H19FN6O4/c1-12-9-14(11-29-23(12)27)16-10-13(7-8-17(16)35-2)19-20-22(15-5-3-4-6-18(15)36-26(20)34)37-24(28)21(19)25-30-32-33-31-25/h3-11,19H,28H2,1-2H3,(H,30,31,32,33). The fraction of sp³-hybridized carbons (Fsp3) is 0.115. The summed E-state index contributed by atoms with van der Waals surface area (Å²) in [6, 6.07) is 14.1. The molecule has 0 amide bonds. The number of aryl methyl sites for hydroxylation is 1. The predicted molar refractivity (Wildman–Crippen MR) is 131 cm³/mol. The Kier molecular flexibility index (Phi) is 5.18. The summed E-state index contributed by atoms with van der Waals surface area (Å²) in [6.07, 6.45) is 1.42. The molecule has 1 unspecified atom stereocenters. The van der Waals surface area contributed by atoms with Crippen LogP contribution in [-0.2, 0) is 0 Å². The van der Waals surface area contributed by atoms with Gasteiger partial charge in [0.25, 0.3) is 0 Å². The van der Waals surface area contributed by atoms with Gasteiger partial charge in [-0.15, -0.1) is 10.2 Å². The van der Waals surface area contributed by atoms with E-state index in [4.69, 9.17) is 19.6 Å². The average Bonchev–Trinajstić information content (AvgIpc) is 3.44. The Labute approximate surface area is 208 Å². The summed E-state index contributed by atoms with van der Waals surface area (Å²) in [6.45, 7) is 1.63. The lowest BCUT2D eigenvalue weighted by molar-refractivity contribution is 0.398. The Morgan fingerprint density at radius 3 is 2.76 bits per heavy atom. The van der Waals surface area contributed by atoms with E-state index in [1.54, 1.807) is 43.3 Å². The Balaban J connectivity index is 1.65. The van der Waals surface area contributed by atoms with Gasteiger partial charge in [-0.1, -0.05) is 18.2 Å². The molecule has 0 fully saturated rings. The van der Waals surface area contributed by atoms with Crippen molar-refractivity contribution in [1.82, 2.24) is 25.6 Å². The molecule has 1 aliphatic heterocycles. The van der Waals surface area contributed by atoms with Crippen LogP contribution in [-0.4, -0.2) is 32.7 Å². The molecular weight excluding hydrogens is 479 g/mol. The van der Waals surface area contributed by atoms with Crippen LogP contribution in [0.15, 0.2) is 69.8 Å². The van der Waals surface area contributed by atoms with Crippen molar-refractivity contribution in [3.63, 3.8) is 0 Å². The van der Waals surface area contributed by atoms with Crippen molar-refractivity contribution < 1.29 is 18.3 Å². The summed E-state index contributed by atoms with van der Waals surface area (Å²) in [5, 5.41) is 14.8. The normalized spacial score (nSPS) is 14.9. The van der Waals surface area contributed by atoms with Gasteiger partial charge in [-0.25, -0.2) is 9.78 Å². The molecule has 10 nitrogen and oxygen atoms in total. The first-order valence-electron chi connectivity index (χ1n) is 11.2. The summed E-state index contributed by atoms with van der Waals surface area (Å²) >= 11 is 0. The average molecular weight is 498 g/mol. The van der Waals surface area contributed by atoms with Crippen LogP contribution in [0, 0.1) is 12.9 Å². The largest absolute Gasteiger partial charge is 0.496 e. The van der Waals surface area contributed by atoms with Gasteiger partial charge in [0.1, 0.15) is 11.3 Å². The van der Waals surface area contributed by atoms with Crippen molar-refractivity contribution >= 4 is 16.5 Å². The topological polar surface area (TPSA) is 142 Å². The third-order valence-corrected chi connectivity index (χ3v) is 6.32. The van der Waals surface area contributed by atoms with Gasteiger partial charge >= 0.3 is 5.63 Å². The maximum atomic E-state index is 13.9. The number of aromatic amines is 1. The smallest absolute Gasteiger partial charge is 0.344 e. The molecular formula is C26H19FN6O4. The van der Waals surface area contributed by atoms with Crippen LogP contribution in [0.2, 0.25) is 0 Å². The highest BCUT2D eigenvalue weighted by Gasteiger charge is 2.38. The van der Waals surface area contributed by atoms with Gasteiger partial charge in [0.15, 0.2) is 11.6 Å². The summed E-state index contributed by atoms with van der Waals surface area (Å²) in [4.78, 5) is 17.2. The van der Waals surface area contributed by atoms with Crippen LogP contribution in [0.3, 0.4) is 0 Å². The molecule has 1 aliphatic rings. The summed E-state index contributed by atoms with van der Waals surface area (Å²) in [5.41, 5.74) is 9.07. The first kappa shape index (κ1) is 22.4. The molecule has 37 heavy (non-hydrogen) atoms. The second kappa shape index (κ2) is 8.55. The summed E-state index contributed by atoms with van der Waals surface area (Å²) in [5.74, 6) is -0.326. The monoisotopic (exact) mass is 498 g/mol. The second-order valence-corrected chi connectivity index (χ2v) is 8.47. The lowest BCUT2D eigenvalue weighted by Gasteiger charge is -2.28. The number of aromatic nitrogens is 5. The number of rotatable bonds is 4. The van der Waals surface area contributed by atoms with Gasteiger partial charge in [0.05, 0.1) is 29.6 Å². The molecule has 6 rings (SSSR count). The fourth-order valence-electron chi connectivity index (χ4n) is 4.63. The van der Waals surface area contributed by atoms with E-state index >= 15 is 0 Å². The third kappa shape index (κ3) is 3.59. The number of benzene rings is 2. The predicted octanol–water partition coefficient (Wildman–Crippen LogP) is 3.68. The molecule has 0 saturated carbocycles. The van der Waals surface area contributed by atoms with Crippen molar-refractivity contribution in [3.8, 4) is 22.6 Å². The maximum Gasteiger partial charge on any atom is 0.344 e. The molecule has 0 spiro atoms. The Morgan fingerprint density at radius 2 is 2.00 bits per heavy atom. The van der Waals surface area contributed by atoms with E-state index in [2.05, 4.69) is 25.6 Å². The second-order valence-electron chi connectivity index (χ2n) is 8.47. The number of allylic oxidation sites excluding steroid dienone is 1. The van der Waals surface area contributed by atoms with Crippen LogP contribution in [0.5, 0.6) is 11.5 Å². The van der Waals surface area contributed by atoms with Gasteiger partial charge in [0.2, 0.25) is 11.8 Å². The van der Waals surface area contributed by atoms with Gasteiger partial charge in [-0.3, -0.25) is 0 Å². The minimum absolute atomic E-state index is 0.0197. The zero-order chi connectivity index (χ0) is 25.7. The first-order chi connectivity index (χ1) is 18.0. The number of halogens is 1. The number of hydrogen-bond donors (Lipinski definition) is 2. The Hall–Kier alpha value is -5.06. The number of nitrogens with zero attached hydrogens (tertiary/aromatic N) is 4. The zero-order valence-corrected chi connectivity index (χ0v) is 19.7. The van der Waals surface area contributed by atoms with Crippen molar-refractivity contribution in [2.24, 2.45) is 5.73 Å². The minimum atomic E-state index is -0.777. The maximum absolute atomic E-state index is 13.9. The lowest BCUT2D eigenvalue weighted by atomic mass is 9.82. The fourth-order valence-corrected chi connectivity index (χ4v) is 4.63. The van der Waals surface area contributed by atoms with E-state index in [1.807, 2.05) is 12.1 Å². The van der Waals surface area contributed by atoms with E-state index in [1.165, 1.54) is 13.3 Å². The van der Waals surface area contributed by atoms with E-state index in [9.17, 15) is 9.18 Å². The number of para-hydroxylation sites is 1. The number of nitrogens with two attached hydrogens (primary N) is 1. The number of pyridine rings is 1. The molecule has 2 aromatic carbocycles. The third-order valence-electron chi connectivity index (χ3n) is 6.32. The number of H-pyrrole nitrogens is 1. The van der Waals surface area contributed by atoms with Crippen molar-refractivity contribution in [1.29, 1.82) is 0 Å². The van der Waals surface area contributed by atoms with Crippen LogP contribution in [0.1, 0.15) is 28.4 Å². The number of tetrazole rings is 1. The van der Waals surface area contributed by atoms with E-state index in [0.717, 1.165) is 0 Å². The van der Waals surface area contributed by atoms with Crippen molar-refractivity contribution in [2.75, 3.05) is 7.11 Å². The number of methoxy groups -OCH3 is 1. The lowest BCUT2D eigenvalue weighted by Crippen LogP contribution is -2.26. The molecule has 0 radical (unpaired) electrons. The van der Waals surface area contributed by atoms with E-state index < -0.39 is 17.5 Å². The highest BCUT2D eigenvalue weighted by Crippen LogP contribution is 2.47. The van der Waals surface area contributed by atoms with Crippen molar-refractivity contribution in [2.45, 2.75) is 12.8 Å². The molecule has 0 aliphatic carbocycles. The minimum Gasteiger partial charge on any atom is -0.496 e. The SMILES string of the molecule is COc1ccc(C2C(c3nn[nH]n3)=C(N)Oc3c2c(=O)oc2ccccc32)cc1-c1cnc(F)c(C)c1. The highest BCUT2D eigenvalue weighted by molar-refractivity contribution is 5.89. The first-order valence-corrected chi connectivity index (χ1v) is 11.2. The van der Waals surface area contributed by atoms with E-state index in [-0.39, 0.29) is 17.3 Å². The van der Waals surface area contributed by atoms with Gasteiger partial charge in [0, 0.05) is 22.9 Å². The Morgan fingerprint density at radius 1 is 1.16 bits per heavy atom. The molecule has 0 saturated heterocycles. The van der Waals surface area contributed by atoms with Crippen LogP contribution in [0.25, 0.3) is 27.7 Å². The molecule has 184 valence electrons. The van der Waals surface area contributed by atoms with Crippen LogP contribution >= 0.6 is 0 Å². The summed E-state index contributed by atoms with van der Waals surface area (Å²) in [7, 11) is 1.54. The van der Waals surface area contributed by atoms with Gasteiger partial charge < -0.3 is 19.6 Å². The van der Waals surface area contributed by atoms with Gasteiger partial charge in [-0.2, -0.15) is 9.60 Å². The van der Waals surface area contributed by atoms with Gasteiger partial charge in [-0.05, 0) is 48.0 Å². The van der Waals surface area contributed by atoms with E-state index in [0.29, 0.717) is 50.3 Å². The van der Waals surface area contributed by atoms with Crippen molar-refractivity contribution in [3.05, 3.63) is 99.5 Å². The number of ether oxygens (including phenoxy) is 2. The number of hydrogen-bond acceptors (Lipinski definition) is 9. The molecule has 11 heteroatoms. The molecule has 3 N–H and O–H groups in total. The Bertz CT molecular complexity index is 1760. The van der Waals surface area contributed by atoms with Crippen LogP contribution in [0.4, 0.5) is 4.39 Å². The molecule has 3 aromatic heterocycles. The molecule has 4 heterocycles.